The van der Waals surface area contributed by atoms with E-state index in [9.17, 15) is 4.79 Å². The molecule has 0 saturated heterocycles. The summed E-state index contributed by atoms with van der Waals surface area (Å²) in [6.45, 7) is 0.372. The van der Waals surface area contributed by atoms with Crippen LogP contribution in [0.4, 0.5) is 5.69 Å². The molecule has 1 aromatic heterocycles. The van der Waals surface area contributed by atoms with Crippen molar-refractivity contribution in [2.75, 3.05) is 5.32 Å². The van der Waals surface area contributed by atoms with Gasteiger partial charge in [0.25, 0.3) is 5.91 Å². The summed E-state index contributed by atoms with van der Waals surface area (Å²) in [5, 5.41) is 10.5. The van der Waals surface area contributed by atoms with E-state index in [4.69, 9.17) is 5.73 Å². The van der Waals surface area contributed by atoms with Crippen molar-refractivity contribution in [1.82, 2.24) is 15.0 Å². The third kappa shape index (κ3) is 2.48. The molecular weight excluding hydrogens is 218 g/mol. The van der Waals surface area contributed by atoms with Crippen molar-refractivity contribution in [2.45, 2.75) is 6.54 Å². The minimum Gasteiger partial charge on any atom is -0.326 e. The molecule has 0 aliphatic heterocycles. The first-order chi connectivity index (χ1) is 8.20. The summed E-state index contributed by atoms with van der Waals surface area (Å²) in [7, 11) is 1.66. The van der Waals surface area contributed by atoms with Crippen LogP contribution in [-0.2, 0) is 13.6 Å². The van der Waals surface area contributed by atoms with E-state index in [0.717, 1.165) is 5.56 Å². The zero-order chi connectivity index (χ0) is 12.3. The number of aryl methyl sites for hydroxylation is 1. The molecule has 0 unspecified atom stereocenters. The fourth-order valence-electron chi connectivity index (χ4n) is 1.46. The van der Waals surface area contributed by atoms with Crippen molar-refractivity contribution in [3.8, 4) is 0 Å². The van der Waals surface area contributed by atoms with Gasteiger partial charge in [-0.15, -0.1) is 5.10 Å². The number of hydrogen-bond acceptors (Lipinski definition) is 4. The summed E-state index contributed by atoms with van der Waals surface area (Å²) in [6, 6.07) is 7.38. The molecule has 3 N–H and O–H groups in total. The molecule has 6 heteroatoms. The summed E-state index contributed by atoms with van der Waals surface area (Å²) in [6.07, 6.45) is 1.42. The number of carbonyl (C=O) groups is 1. The zero-order valence-corrected chi connectivity index (χ0v) is 9.42. The molecule has 6 nitrogen and oxygen atoms in total. The van der Waals surface area contributed by atoms with E-state index in [-0.39, 0.29) is 11.6 Å². The molecular formula is C11H13N5O. The minimum absolute atomic E-state index is 0.277. The van der Waals surface area contributed by atoms with Gasteiger partial charge in [0, 0.05) is 19.3 Å². The maximum Gasteiger partial charge on any atom is 0.277 e. The fraction of sp³-hybridized carbons (Fsp3) is 0.182. The summed E-state index contributed by atoms with van der Waals surface area (Å²) < 4.78 is 0. The van der Waals surface area contributed by atoms with E-state index in [1.807, 2.05) is 18.2 Å². The number of nitrogens with zero attached hydrogens (tertiary/aromatic N) is 3. The Morgan fingerprint density at radius 2 is 2.24 bits per heavy atom. The van der Waals surface area contributed by atoms with Crippen LogP contribution in [0.3, 0.4) is 0 Å². The molecule has 0 atom stereocenters. The number of amides is 1. The quantitative estimate of drug-likeness (QED) is 0.806. The van der Waals surface area contributed by atoms with Crippen LogP contribution in [0.2, 0.25) is 0 Å². The number of rotatable bonds is 3. The van der Waals surface area contributed by atoms with E-state index in [0.29, 0.717) is 12.2 Å². The zero-order valence-electron chi connectivity index (χ0n) is 9.42. The van der Waals surface area contributed by atoms with Crippen molar-refractivity contribution >= 4 is 11.6 Å². The van der Waals surface area contributed by atoms with Crippen molar-refractivity contribution in [3.05, 3.63) is 41.7 Å². The molecule has 2 aromatic rings. The number of hydrogen-bond donors (Lipinski definition) is 2. The Kier molecular flexibility index (Phi) is 3.15. The summed E-state index contributed by atoms with van der Waals surface area (Å²) in [5.41, 5.74) is 7.44. The molecule has 0 saturated carbocycles. The number of carbonyl (C=O) groups excluding carboxylic acids is 1. The Labute approximate surface area is 98.4 Å². The van der Waals surface area contributed by atoms with Crippen LogP contribution in [0.1, 0.15) is 16.1 Å². The second-order valence-corrected chi connectivity index (χ2v) is 3.53. The second kappa shape index (κ2) is 4.75. The molecule has 17 heavy (non-hydrogen) atoms. The van der Waals surface area contributed by atoms with E-state index >= 15 is 0 Å². The molecule has 2 rings (SSSR count). The van der Waals surface area contributed by atoms with Crippen molar-refractivity contribution in [1.29, 1.82) is 0 Å². The first kappa shape index (κ1) is 11.3. The van der Waals surface area contributed by atoms with Gasteiger partial charge in [-0.2, -0.15) is 9.90 Å². The monoisotopic (exact) mass is 231 g/mol. The van der Waals surface area contributed by atoms with Crippen LogP contribution < -0.4 is 11.1 Å². The normalized spacial score (nSPS) is 10.2. The van der Waals surface area contributed by atoms with Crippen LogP contribution in [0, 0.1) is 0 Å². The average Bonchev–Trinajstić information content (AvgIpc) is 2.77. The van der Waals surface area contributed by atoms with Crippen molar-refractivity contribution in [3.63, 3.8) is 0 Å². The van der Waals surface area contributed by atoms with Crippen LogP contribution in [-0.4, -0.2) is 20.9 Å². The topological polar surface area (TPSA) is 85.8 Å². The van der Waals surface area contributed by atoms with Crippen molar-refractivity contribution < 1.29 is 4.79 Å². The highest BCUT2D eigenvalue weighted by atomic mass is 16.2. The number of anilines is 1. The molecule has 0 fully saturated rings. The highest BCUT2D eigenvalue weighted by Crippen LogP contribution is 2.14. The number of aromatic nitrogens is 3. The predicted octanol–water partition coefficient (Wildman–Crippen LogP) is 0.526. The van der Waals surface area contributed by atoms with Gasteiger partial charge in [0.15, 0.2) is 5.69 Å². The number of benzene rings is 1. The summed E-state index contributed by atoms with van der Waals surface area (Å²) in [5.74, 6) is -0.293. The lowest BCUT2D eigenvalue weighted by atomic mass is 10.2. The molecule has 0 spiro atoms. The maximum atomic E-state index is 11.8. The lowest BCUT2D eigenvalue weighted by molar-refractivity contribution is 0.102. The standard InChI is InChI=1S/C11H13N5O/c1-16-13-7-10(15-16)11(17)14-9-5-3-2-4-8(9)6-12/h2-5,7H,6,12H2,1H3,(H,14,17). The summed E-state index contributed by atoms with van der Waals surface area (Å²) in [4.78, 5) is 13.2. The van der Waals surface area contributed by atoms with Gasteiger partial charge < -0.3 is 11.1 Å². The lowest BCUT2D eigenvalue weighted by Gasteiger charge is -2.07. The lowest BCUT2D eigenvalue weighted by Crippen LogP contribution is -2.15. The van der Waals surface area contributed by atoms with Crippen LogP contribution in [0.5, 0.6) is 0 Å². The number of nitrogens with one attached hydrogen (secondary N) is 1. The number of para-hydroxylation sites is 1. The molecule has 0 aliphatic carbocycles. The van der Waals surface area contributed by atoms with Crippen molar-refractivity contribution in [2.24, 2.45) is 12.8 Å². The summed E-state index contributed by atoms with van der Waals surface area (Å²) >= 11 is 0. The van der Waals surface area contributed by atoms with Gasteiger partial charge >= 0.3 is 0 Å². The van der Waals surface area contributed by atoms with Gasteiger partial charge in [-0.3, -0.25) is 4.79 Å². The first-order valence-electron chi connectivity index (χ1n) is 5.16. The first-order valence-corrected chi connectivity index (χ1v) is 5.16. The Hall–Kier alpha value is -2.21. The van der Waals surface area contributed by atoms with Gasteiger partial charge in [-0.1, -0.05) is 18.2 Å². The molecule has 0 radical (unpaired) electrons. The highest BCUT2D eigenvalue weighted by Gasteiger charge is 2.11. The minimum atomic E-state index is -0.293. The van der Waals surface area contributed by atoms with E-state index in [1.54, 1.807) is 13.1 Å². The Morgan fingerprint density at radius 3 is 2.88 bits per heavy atom. The molecule has 0 aliphatic rings. The molecule has 1 aromatic carbocycles. The molecule has 1 heterocycles. The Morgan fingerprint density at radius 1 is 1.47 bits per heavy atom. The van der Waals surface area contributed by atoms with E-state index in [1.165, 1.54) is 11.0 Å². The van der Waals surface area contributed by atoms with Gasteiger partial charge in [0.1, 0.15) is 0 Å². The van der Waals surface area contributed by atoms with Gasteiger partial charge in [0.05, 0.1) is 6.20 Å². The smallest absolute Gasteiger partial charge is 0.277 e. The van der Waals surface area contributed by atoms with E-state index < -0.39 is 0 Å². The highest BCUT2D eigenvalue weighted by molar-refractivity contribution is 6.02. The van der Waals surface area contributed by atoms with Crippen LogP contribution in [0.15, 0.2) is 30.5 Å². The average molecular weight is 231 g/mol. The largest absolute Gasteiger partial charge is 0.326 e. The molecule has 1 amide bonds. The second-order valence-electron chi connectivity index (χ2n) is 3.53. The van der Waals surface area contributed by atoms with Crippen LogP contribution >= 0.6 is 0 Å². The van der Waals surface area contributed by atoms with Gasteiger partial charge in [-0.05, 0) is 11.6 Å². The van der Waals surface area contributed by atoms with Gasteiger partial charge in [0.2, 0.25) is 0 Å². The third-order valence-corrected chi connectivity index (χ3v) is 2.32. The number of nitrogens with two attached hydrogens (primary N) is 1. The third-order valence-electron chi connectivity index (χ3n) is 2.32. The SMILES string of the molecule is Cn1ncc(C(=O)Nc2ccccc2CN)n1. The predicted molar refractivity (Wildman–Crippen MR) is 63.3 cm³/mol. The van der Waals surface area contributed by atoms with Crippen LogP contribution in [0.25, 0.3) is 0 Å². The Balaban J connectivity index is 2.18. The van der Waals surface area contributed by atoms with E-state index in [2.05, 4.69) is 15.5 Å². The Bertz CT molecular complexity index is 534. The molecule has 88 valence electrons. The maximum absolute atomic E-state index is 11.8. The van der Waals surface area contributed by atoms with Gasteiger partial charge in [-0.25, -0.2) is 0 Å². The molecule has 0 bridgehead atoms. The fourth-order valence-corrected chi connectivity index (χ4v) is 1.46.